The Morgan fingerprint density at radius 2 is 1.94 bits per heavy atom. The summed E-state index contributed by atoms with van der Waals surface area (Å²) in [6.07, 6.45) is 0. The summed E-state index contributed by atoms with van der Waals surface area (Å²) >= 11 is 0. The number of rotatable bonds is 1. The number of nitrogens with zero attached hydrogens (tertiary/aromatic N) is 1. The fraction of sp³-hybridized carbons (Fsp3) is 0.214. The Labute approximate surface area is 106 Å². The molecule has 0 spiro atoms. The fourth-order valence-electron chi connectivity index (χ4n) is 1.68. The summed E-state index contributed by atoms with van der Waals surface area (Å²) in [7, 11) is 1.41. The number of anilines is 1. The second kappa shape index (κ2) is 5.87. The molecule has 0 atom stereocenters. The predicted octanol–water partition coefficient (Wildman–Crippen LogP) is 3.47. The molecule has 2 aromatic carbocycles. The monoisotopic (exact) mass is 246 g/mol. The molecule has 3 nitrogen and oxygen atoms in total. The van der Waals surface area contributed by atoms with Gasteiger partial charge in [-0.3, -0.25) is 0 Å². The Kier molecular flexibility index (Phi) is 4.50. The summed E-state index contributed by atoms with van der Waals surface area (Å²) in [5.74, 6) is -0.352. The first kappa shape index (κ1) is 13.8. The van der Waals surface area contributed by atoms with Crippen LogP contribution in [0.3, 0.4) is 0 Å². The molecule has 0 radical (unpaired) electrons. The van der Waals surface area contributed by atoms with Crippen molar-refractivity contribution < 1.29 is 9.13 Å². The summed E-state index contributed by atoms with van der Waals surface area (Å²) in [5.41, 5.74) is 6.06. The summed E-state index contributed by atoms with van der Waals surface area (Å²) in [4.78, 5) is 0. The number of hydrogen-bond acceptors (Lipinski definition) is 3. The van der Waals surface area contributed by atoms with E-state index in [-0.39, 0.29) is 11.3 Å². The van der Waals surface area contributed by atoms with E-state index in [0.29, 0.717) is 16.5 Å². The van der Waals surface area contributed by atoms with Gasteiger partial charge in [0.25, 0.3) is 0 Å². The molecule has 0 saturated carbocycles. The molecule has 2 aromatic rings. The van der Waals surface area contributed by atoms with Crippen LogP contribution in [0.5, 0.6) is 5.75 Å². The molecule has 0 amide bonds. The lowest BCUT2D eigenvalue weighted by Crippen LogP contribution is -1.94. The van der Waals surface area contributed by atoms with E-state index in [2.05, 4.69) is 0 Å². The van der Waals surface area contributed by atoms with Gasteiger partial charge in [-0.2, -0.15) is 5.26 Å². The Balaban J connectivity index is 0.000000771. The van der Waals surface area contributed by atoms with Gasteiger partial charge in [-0.15, -0.1) is 0 Å². The van der Waals surface area contributed by atoms with Gasteiger partial charge in [0.1, 0.15) is 23.2 Å². The van der Waals surface area contributed by atoms with Gasteiger partial charge < -0.3 is 10.5 Å². The van der Waals surface area contributed by atoms with Gasteiger partial charge in [0.05, 0.1) is 7.11 Å². The minimum atomic E-state index is -0.600. The first-order chi connectivity index (χ1) is 8.67. The van der Waals surface area contributed by atoms with Crippen molar-refractivity contribution in [1.29, 1.82) is 5.26 Å². The molecule has 0 aliphatic heterocycles. The highest BCUT2D eigenvalue weighted by Crippen LogP contribution is 2.32. The Bertz CT molecular complexity index is 603. The van der Waals surface area contributed by atoms with E-state index >= 15 is 0 Å². The fourth-order valence-corrected chi connectivity index (χ4v) is 1.68. The minimum Gasteiger partial charge on any atom is -0.495 e. The Hall–Kier alpha value is -2.28. The van der Waals surface area contributed by atoms with Crippen LogP contribution in [0.25, 0.3) is 10.8 Å². The standard InChI is InChI=1S/C12H9FN2O.C2H6/c1-16-12-9-3-2-8(15)4-7(9)5-11(13)10(12)6-14;1-2/h2-5H,15H2,1H3;1-2H3. The van der Waals surface area contributed by atoms with Crippen LogP contribution in [0.4, 0.5) is 10.1 Å². The van der Waals surface area contributed by atoms with Crippen LogP contribution in [0.2, 0.25) is 0 Å². The van der Waals surface area contributed by atoms with Gasteiger partial charge >= 0.3 is 0 Å². The Morgan fingerprint density at radius 1 is 1.28 bits per heavy atom. The number of hydrogen-bond donors (Lipinski definition) is 1. The van der Waals surface area contributed by atoms with Gasteiger partial charge in [-0.1, -0.05) is 13.8 Å². The third-order valence-corrected chi connectivity index (χ3v) is 2.38. The number of nitriles is 1. The SMILES string of the molecule is CC.COc1c(C#N)c(F)cc2cc(N)ccc12. The maximum Gasteiger partial charge on any atom is 0.147 e. The van der Waals surface area contributed by atoms with Gasteiger partial charge in [-0.05, 0) is 29.7 Å². The molecule has 18 heavy (non-hydrogen) atoms. The molecular formula is C14H15FN2O. The number of fused-ring (bicyclic) bond motifs is 1. The van der Waals surface area contributed by atoms with Crippen molar-refractivity contribution in [3.05, 3.63) is 35.6 Å². The minimum absolute atomic E-state index is 0.0835. The normalized spacial score (nSPS) is 9.28. The molecule has 0 unspecified atom stereocenters. The number of nitrogen functional groups attached to an aromatic ring is 1. The maximum absolute atomic E-state index is 13.6. The van der Waals surface area contributed by atoms with Crippen LogP contribution in [-0.4, -0.2) is 7.11 Å². The molecule has 0 saturated heterocycles. The zero-order chi connectivity index (χ0) is 13.7. The summed E-state index contributed by atoms with van der Waals surface area (Å²) in [5, 5.41) is 10.1. The molecule has 0 fully saturated rings. The summed E-state index contributed by atoms with van der Waals surface area (Å²) < 4.78 is 18.6. The zero-order valence-electron chi connectivity index (χ0n) is 10.6. The van der Waals surface area contributed by atoms with Crippen molar-refractivity contribution in [3.8, 4) is 11.8 Å². The van der Waals surface area contributed by atoms with Crippen LogP contribution in [-0.2, 0) is 0 Å². The second-order valence-corrected chi connectivity index (χ2v) is 3.36. The van der Waals surface area contributed by atoms with Crippen LogP contribution in [0.1, 0.15) is 19.4 Å². The topological polar surface area (TPSA) is 59.0 Å². The first-order valence-electron chi connectivity index (χ1n) is 5.63. The highest BCUT2D eigenvalue weighted by molar-refractivity contribution is 5.92. The highest BCUT2D eigenvalue weighted by Gasteiger charge is 2.13. The van der Waals surface area contributed by atoms with Crippen molar-refractivity contribution in [2.75, 3.05) is 12.8 Å². The second-order valence-electron chi connectivity index (χ2n) is 3.36. The third-order valence-electron chi connectivity index (χ3n) is 2.38. The average molecular weight is 246 g/mol. The zero-order valence-corrected chi connectivity index (χ0v) is 10.6. The van der Waals surface area contributed by atoms with Gasteiger partial charge in [0, 0.05) is 11.1 Å². The predicted molar refractivity (Wildman–Crippen MR) is 70.9 cm³/mol. The van der Waals surface area contributed by atoms with Gasteiger partial charge in [-0.25, -0.2) is 4.39 Å². The molecule has 94 valence electrons. The molecule has 2 rings (SSSR count). The third kappa shape index (κ3) is 2.35. The lowest BCUT2D eigenvalue weighted by atomic mass is 10.0. The molecule has 2 N–H and O–H groups in total. The van der Waals surface area contributed by atoms with Crippen molar-refractivity contribution in [1.82, 2.24) is 0 Å². The van der Waals surface area contributed by atoms with Crippen molar-refractivity contribution in [2.45, 2.75) is 13.8 Å². The molecule has 0 aliphatic carbocycles. The van der Waals surface area contributed by atoms with E-state index in [1.54, 1.807) is 24.3 Å². The van der Waals surface area contributed by atoms with E-state index in [1.807, 2.05) is 13.8 Å². The number of nitrogens with two attached hydrogens (primary N) is 1. The summed E-state index contributed by atoms with van der Waals surface area (Å²) in [6, 6.07) is 8.11. The number of ether oxygens (including phenoxy) is 1. The molecule has 0 aromatic heterocycles. The molecule has 4 heteroatoms. The smallest absolute Gasteiger partial charge is 0.147 e. The van der Waals surface area contributed by atoms with E-state index in [9.17, 15) is 4.39 Å². The summed E-state index contributed by atoms with van der Waals surface area (Å²) in [6.45, 7) is 4.00. The van der Waals surface area contributed by atoms with Crippen LogP contribution >= 0.6 is 0 Å². The van der Waals surface area contributed by atoms with Crippen molar-refractivity contribution in [2.24, 2.45) is 0 Å². The van der Waals surface area contributed by atoms with Crippen molar-refractivity contribution in [3.63, 3.8) is 0 Å². The molecule has 0 aliphatic rings. The Morgan fingerprint density at radius 3 is 2.50 bits per heavy atom. The number of halogens is 1. The molecule has 0 bridgehead atoms. The lowest BCUT2D eigenvalue weighted by Gasteiger charge is -2.08. The van der Waals surface area contributed by atoms with Gasteiger partial charge in [0.15, 0.2) is 0 Å². The molecule has 0 heterocycles. The number of methoxy groups -OCH3 is 1. The largest absolute Gasteiger partial charge is 0.495 e. The number of benzene rings is 2. The van der Waals surface area contributed by atoms with Crippen LogP contribution in [0.15, 0.2) is 24.3 Å². The lowest BCUT2D eigenvalue weighted by molar-refractivity contribution is 0.415. The van der Waals surface area contributed by atoms with Crippen LogP contribution in [0, 0.1) is 17.1 Å². The molecular weight excluding hydrogens is 231 g/mol. The van der Waals surface area contributed by atoms with E-state index in [1.165, 1.54) is 13.2 Å². The van der Waals surface area contributed by atoms with Gasteiger partial charge in [0.2, 0.25) is 0 Å². The maximum atomic E-state index is 13.6. The van der Waals surface area contributed by atoms with E-state index in [0.717, 1.165) is 0 Å². The highest BCUT2D eigenvalue weighted by atomic mass is 19.1. The quantitative estimate of drug-likeness (QED) is 0.784. The van der Waals surface area contributed by atoms with Crippen LogP contribution < -0.4 is 10.5 Å². The first-order valence-corrected chi connectivity index (χ1v) is 5.63. The average Bonchev–Trinajstić information content (AvgIpc) is 2.39. The van der Waals surface area contributed by atoms with E-state index in [4.69, 9.17) is 15.7 Å². The van der Waals surface area contributed by atoms with Crippen molar-refractivity contribution >= 4 is 16.5 Å². The van der Waals surface area contributed by atoms with E-state index < -0.39 is 5.82 Å².